The average Bonchev–Trinajstić information content (AvgIpc) is 2.99. The molecule has 0 spiro atoms. The quantitative estimate of drug-likeness (QED) is 0.722. The van der Waals surface area contributed by atoms with Crippen LogP contribution < -0.4 is 4.90 Å². The van der Waals surface area contributed by atoms with E-state index in [4.69, 9.17) is 16.0 Å². The Morgan fingerprint density at radius 2 is 2.05 bits per heavy atom. The lowest BCUT2D eigenvalue weighted by molar-refractivity contribution is 0.406. The van der Waals surface area contributed by atoms with Gasteiger partial charge in [0.25, 0.3) is 0 Å². The van der Waals surface area contributed by atoms with Gasteiger partial charge in [0.05, 0.1) is 0 Å². The molecule has 1 aromatic carbocycles. The molecule has 0 bridgehead atoms. The lowest BCUT2D eigenvalue weighted by Gasteiger charge is -2.30. The minimum atomic E-state index is 0.346. The van der Waals surface area contributed by atoms with Crippen molar-refractivity contribution in [3.05, 3.63) is 47.4 Å². The molecule has 22 heavy (non-hydrogen) atoms. The Morgan fingerprint density at radius 1 is 1.18 bits per heavy atom. The summed E-state index contributed by atoms with van der Waals surface area (Å²) in [5.74, 6) is 2.10. The van der Waals surface area contributed by atoms with E-state index >= 15 is 0 Å². The van der Waals surface area contributed by atoms with Crippen molar-refractivity contribution in [2.45, 2.75) is 18.8 Å². The van der Waals surface area contributed by atoms with Gasteiger partial charge in [0, 0.05) is 30.2 Å². The Hall–Kier alpha value is -2.14. The van der Waals surface area contributed by atoms with Crippen LogP contribution in [0.5, 0.6) is 0 Å². The molecule has 0 radical (unpaired) electrons. The van der Waals surface area contributed by atoms with Crippen LogP contribution in [0.25, 0.3) is 11.1 Å². The summed E-state index contributed by atoms with van der Waals surface area (Å²) >= 11 is 6.00. The van der Waals surface area contributed by atoms with Crippen LogP contribution in [-0.4, -0.2) is 28.3 Å². The smallest absolute Gasteiger partial charge is 0.198 e. The first-order chi connectivity index (χ1) is 10.8. The van der Waals surface area contributed by atoms with Gasteiger partial charge < -0.3 is 9.32 Å². The second kappa shape index (κ2) is 5.57. The molecule has 0 atom stereocenters. The topological polar surface area (TPSA) is 55.1 Å². The molecule has 3 aromatic rings. The van der Waals surface area contributed by atoms with Crippen LogP contribution in [0.3, 0.4) is 0 Å². The first-order valence-electron chi connectivity index (χ1n) is 7.38. The summed E-state index contributed by atoms with van der Waals surface area (Å²) in [5, 5.41) is 8.79. The van der Waals surface area contributed by atoms with Crippen LogP contribution in [0, 0.1) is 0 Å². The second-order valence-electron chi connectivity index (χ2n) is 5.51. The van der Waals surface area contributed by atoms with Crippen molar-refractivity contribution in [1.29, 1.82) is 0 Å². The molecule has 0 saturated carbocycles. The zero-order chi connectivity index (χ0) is 14.9. The van der Waals surface area contributed by atoms with Gasteiger partial charge in [-0.2, -0.15) is 5.10 Å². The minimum Gasteiger partial charge on any atom is -0.440 e. The van der Waals surface area contributed by atoms with E-state index < -0.39 is 0 Å². The highest BCUT2D eigenvalue weighted by Gasteiger charge is 2.25. The summed E-state index contributed by atoms with van der Waals surface area (Å²) in [6.45, 7) is 1.87. The maximum Gasteiger partial charge on any atom is 0.198 e. The van der Waals surface area contributed by atoms with Crippen LogP contribution in [-0.2, 0) is 0 Å². The number of halogens is 1. The summed E-state index contributed by atoms with van der Waals surface area (Å²) in [4.78, 5) is 6.85. The third-order valence-corrected chi connectivity index (χ3v) is 4.33. The van der Waals surface area contributed by atoms with Gasteiger partial charge in [-0.15, -0.1) is 5.10 Å². The van der Waals surface area contributed by atoms with Gasteiger partial charge in [0.2, 0.25) is 0 Å². The molecule has 3 heterocycles. The van der Waals surface area contributed by atoms with E-state index in [0.717, 1.165) is 48.7 Å². The van der Waals surface area contributed by atoms with E-state index in [1.54, 1.807) is 6.20 Å². The number of fused-ring (bicyclic) bond motifs is 1. The standard InChI is InChI=1S/C16H15ClN4O/c17-12-3-4-14-13(10-12)19-16(22-14)11-5-8-21(9-6-11)15-2-1-7-18-20-15/h1-4,7,10-11H,5-6,8-9H2. The zero-order valence-corrected chi connectivity index (χ0v) is 12.7. The minimum absolute atomic E-state index is 0.346. The summed E-state index contributed by atoms with van der Waals surface area (Å²) in [5.41, 5.74) is 1.63. The molecule has 6 heteroatoms. The van der Waals surface area contributed by atoms with Gasteiger partial charge in [-0.25, -0.2) is 4.98 Å². The molecule has 0 unspecified atom stereocenters. The Bertz CT molecular complexity index is 781. The van der Waals surface area contributed by atoms with Crippen molar-refractivity contribution in [2.75, 3.05) is 18.0 Å². The Balaban J connectivity index is 1.50. The summed E-state index contributed by atoms with van der Waals surface area (Å²) in [7, 11) is 0. The first-order valence-corrected chi connectivity index (χ1v) is 7.76. The van der Waals surface area contributed by atoms with Gasteiger partial charge in [0.1, 0.15) is 5.52 Å². The fourth-order valence-corrected chi connectivity index (χ4v) is 3.08. The third kappa shape index (κ3) is 2.52. The van der Waals surface area contributed by atoms with Crippen molar-refractivity contribution in [1.82, 2.24) is 15.2 Å². The molecular formula is C16H15ClN4O. The van der Waals surface area contributed by atoms with E-state index in [9.17, 15) is 0 Å². The molecule has 1 fully saturated rings. The first kappa shape index (κ1) is 13.5. The molecule has 0 aliphatic carbocycles. The Labute approximate surface area is 132 Å². The monoisotopic (exact) mass is 314 g/mol. The lowest BCUT2D eigenvalue weighted by Crippen LogP contribution is -2.33. The number of oxazole rings is 1. The van der Waals surface area contributed by atoms with Crippen LogP contribution in [0.15, 0.2) is 40.9 Å². The number of rotatable bonds is 2. The number of anilines is 1. The van der Waals surface area contributed by atoms with Crippen molar-refractivity contribution in [3.63, 3.8) is 0 Å². The van der Waals surface area contributed by atoms with Crippen molar-refractivity contribution in [3.8, 4) is 0 Å². The fraction of sp³-hybridized carbons (Fsp3) is 0.312. The summed E-state index contributed by atoms with van der Waals surface area (Å²) < 4.78 is 5.89. The van der Waals surface area contributed by atoms with E-state index in [0.29, 0.717) is 10.9 Å². The number of piperidine rings is 1. The molecule has 1 aliphatic heterocycles. The van der Waals surface area contributed by atoms with Gasteiger partial charge in [0.15, 0.2) is 17.3 Å². The predicted molar refractivity (Wildman–Crippen MR) is 85.2 cm³/mol. The lowest BCUT2D eigenvalue weighted by atomic mass is 9.97. The number of hydrogen-bond donors (Lipinski definition) is 0. The molecular weight excluding hydrogens is 300 g/mol. The van der Waals surface area contributed by atoms with Crippen molar-refractivity contribution >= 4 is 28.5 Å². The zero-order valence-electron chi connectivity index (χ0n) is 11.9. The Kier molecular flexibility index (Phi) is 3.42. The molecule has 1 aliphatic rings. The van der Waals surface area contributed by atoms with E-state index in [2.05, 4.69) is 20.1 Å². The highest BCUT2D eigenvalue weighted by Crippen LogP contribution is 2.31. The van der Waals surface area contributed by atoms with E-state index in [-0.39, 0.29) is 0 Å². The highest BCUT2D eigenvalue weighted by molar-refractivity contribution is 6.31. The predicted octanol–water partition coefficient (Wildman–Crippen LogP) is 3.66. The van der Waals surface area contributed by atoms with Gasteiger partial charge in [-0.1, -0.05) is 11.6 Å². The highest BCUT2D eigenvalue weighted by atomic mass is 35.5. The SMILES string of the molecule is Clc1ccc2oc(C3CCN(c4cccnn4)CC3)nc2c1. The van der Waals surface area contributed by atoms with Crippen LogP contribution >= 0.6 is 11.6 Å². The Morgan fingerprint density at radius 3 is 2.82 bits per heavy atom. The average molecular weight is 315 g/mol. The van der Waals surface area contributed by atoms with Crippen LogP contribution in [0.2, 0.25) is 5.02 Å². The molecule has 0 amide bonds. The summed E-state index contributed by atoms with van der Waals surface area (Å²) in [6, 6.07) is 9.46. The van der Waals surface area contributed by atoms with Gasteiger partial charge in [-0.3, -0.25) is 0 Å². The molecule has 2 aromatic heterocycles. The fourth-order valence-electron chi connectivity index (χ4n) is 2.91. The molecule has 4 rings (SSSR count). The number of hydrogen-bond acceptors (Lipinski definition) is 5. The second-order valence-corrected chi connectivity index (χ2v) is 5.94. The van der Waals surface area contributed by atoms with Crippen molar-refractivity contribution in [2.24, 2.45) is 0 Å². The van der Waals surface area contributed by atoms with Gasteiger partial charge in [-0.05, 0) is 43.2 Å². The van der Waals surface area contributed by atoms with E-state index in [1.165, 1.54) is 0 Å². The molecule has 1 saturated heterocycles. The normalized spacial score (nSPS) is 16.3. The maximum atomic E-state index is 6.00. The number of benzene rings is 1. The van der Waals surface area contributed by atoms with E-state index in [1.807, 2.05) is 30.3 Å². The summed E-state index contributed by atoms with van der Waals surface area (Å²) in [6.07, 6.45) is 3.69. The molecule has 5 nitrogen and oxygen atoms in total. The van der Waals surface area contributed by atoms with Crippen LogP contribution in [0.1, 0.15) is 24.7 Å². The van der Waals surface area contributed by atoms with Crippen molar-refractivity contribution < 1.29 is 4.42 Å². The van der Waals surface area contributed by atoms with Crippen LogP contribution in [0.4, 0.5) is 5.82 Å². The number of nitrogens with zero attached hydrogens (tertiary/aromatic N) is 4. The maximum absolute atomic E-state index is 6.00. The molecule has 112 valence electrons. The van der Waals surface area contributed by atoms with Gasteiger partial charge >= 0.3 is 0 Å². The molecule has 0 N–H and O–H groups in total. The number of aromatic nitrogens is 3. The third-order valence-electron chi connectivity index (χ3n) is 4.09. The largest absolute Gasteiger partial charge is 0.440 e.